The fourth-order valence-corrected chi connectivity index (χ4v) is 4.70. The number of hydrogen-bond donors (Lipinski definition) is 1. The smallest absolute Gasteiger partial charge is 0.341 e. The lowest BCUT2D eigenvalue weighted by atomic mass is 10.1. The molecule has 1 N–H and O–H groups in total. The molecule has 1 aromatic heterocycles. The van der Waals surface area contributed by atoms with Crippen LogP contribution in [0.4, 0.5) is 10.1 Å². The normalized spacial score (nSPS) is 17.7. The zero-order valence-electron chi connectivity index (χ0n) is 17.9. The van der Waals surface area contributed by atoms with Gasteiger partial charge in [0.25, 0.3) is 0 Å². The summed E-state index contributed by atoms with van der Waals surface area (Å²) in [6.45, 7) is 3.08. The van der Waals surface area contributed by atoms with Crippen molar-refractivity contribution in [1.29, 1.82) is 0 Å². The highest BCUT2D eigenvalue weighted by molar-refractivity contribution is 6.38. The van der Waals surface area contributed by atoms with E-state index in [4.69, 9.17) is 16.6 Å². The van der Waals surface area contributed by atoms with Crippen molar-refractivity contribution in [2.75, 3.05) is 18.0 Å². The number of aliphatic imine (C=N–C) groups is 1. The van der Waals surface area contributed by atoms with Crippen LogP contribution in [0.2, 0.25) is 5.02 Å². The second-order valence-electron chi connectivity index (χ2n) is 8.39. The number of aromatic carboxylic acids is 1. The zero-order chi connectivity index (χ0) is 23.3. The Morgan fingerprint density at radius 3 is 2.79 bits per heavy atom. The SMILES string of the molecule is Cc1ccccc1/C=N/C1CCN(c2c(F)cc3c(=O)c(C(=O)O)cn(C4=CC4)c3c2Cl)C1. The minimum atomic E-state index is -1.36. The highest BCUT2D eigenvalue weighted by Gasteiger charge is 2.29. The lowest BCUT2D eigenvalue weighted by molar-refractivity contribution is 0.0695. The van der Waals surface area contributed by atoms with Crippen LogP contribution in [0, 0.1) is 12.7 Å². The highest BCUT2D eigenvalue weighted by atomic mass is 35.5. The number of carboxylic acid groups (broad SMARTS) is 1. The van der Waals surface area contributed by atoms with Gasteiger partial charge < -0.3 is 14.6 Å². The van der Waals surface area contributed by atoms with Gasteiger partial charge in [0.05, 0.1) is 27.7 Å². The second kappa shape index (κ2) is 8.15. The standard InChI is InChI=1S/C25H21ClFN3O3/c1-14-4-2-3-5-15(14)11-28-16-8-9-29(12-16)23-20(27)10-18-22(21(23)26)30(17-6-7-17)13-19(24(18)31)25(32)33/h2-6,10-11,13,16H,7-9,12H2,1H3,(H,32,33)/b28-11+. The van der Waals surface area contributed by atoms with Gasteiger partial charge in [-0.05, 0) is 30.5 Å². The van der Waals surface area contributed by atoms with Crippen LogP contribution in [0.1, 0.15) is 34.3 Å². The van der Waals surface area contributed by atoms with E-state index in [9.17, 15) is 14.7 Å². The molecule has 2 aliphatic rings. The molecule has 1 aliphatic heterocycles. The fraction of sp³-hybridized carbons (Fsp3) is 0.240. The molecule has 5 rings (SSSR count). The van der Waals surface area contributed by atoms with Gasteiger partial charge in [0.1, 0.15) is 11.4 Å². The number of nitrogens with zero attached hydrogens (tertiary/aromatic N) is 3. The summed E-state index contributed by atoms with van der Waals surface area (Å²) in [5, 5.41) is 9.48. The Hall–Kier alpha value is -3.45. The van der Waals surface area contributed by atoms with E-state index in [0.717, 1.165) is 29.3 Å². The molecule has 0 saturated carbocycles. The topological polar surface area (TPSA) is 74.9 Å². The number of benzene rings is 2. The Balaban J connectivity index is 1.53. The molecule has 1 fully saturated rings. The van der Waals surface area contributed by atoms with Gasteiger partial charge in [0, 0.05) is 37.6 Å². The van der Waals surface area contributed by atoms with Crippen molar-refractivity contribution in [1.82, 2.24) is 4.57 Å². The molecule has 0 spiro atoms. The van der Waals surface area contributed by atoms with Crippen LogP contribution in [0.25, 0.3) is 16.6 Å². The zero-order valence-corrected chi connectivity index (χ0v) is 18.6. The minimum Gasteiger partial charge on any atom is -0.477 e. The van der Waals surface area contributed by atoms with E-state index in [2.05, 4.69) is 0 Å². The molecule has 33 heavy (non-hydrogen) atoms. The Kier molecular flexibility index (Phi) is 5.29. The largest absolute Gasteiger partial charge is 0.477 e. The summed E-state index contributed by atoms with van der Waals surface area (Å²) in [5.74, 6) is -2.00. The Morgan fingerprint density at radius 2 is 2.09 bits per heavy atom. The molecule has 1 unspecified atom stereocenters. The van der Waals surface area contributed by atoms with Gasteiger partial charge in [-0.25, -0.2) is 9.18 Å². The first-order valence-corrected chi connectivity index (χ1v) is 11.1. The first kappa shape index (κ1) is 21.4. The van der Waals surface area contributed by atoms with Crippen LogP contribution in [-0.2, 0) is 0 Å². The second-order valence-corrected chi connectivity index (χ2v) is 8.77. The first-order valence-electron chi connectivity index (χ1n) is 10.7. The molecule has 1 atom stereocenters. The maximum absolute atomic E-state index is 15.2. The number of aryl methyl sites for hydroxylation is 1. The molecule has 168 valence electrons. The molecule has 8 heteroatoms. The van der Waals surface area contributed by atoms with Gasteiger partial charge in [0.2, 0.25) is 5.43 Å². The Labute approximate surface area is 194 Å². The lowest BCUT2D eigenvalue weighted by Gasteiger charge is -2.22. The molecule has 2 heterocycles. The van der Waals surface area contributed by atoms with Gasteiger partial charge in [-0.1, -0.05) is 41.9 Å². The van der Waals surface area contributed by atoms with Crippen molar-refractivity contribution >= 4 is 46.1 Å². The number of rotatable bonds is 5. The third-order valence-electron chi connectivity index (χ3n) is 6.18. The predicted octanol–water partition coefficient (Wildman–Crippen LogP) is 4.74. The minimum absolute atomic E-state index is 0.0153. The predicted molar refractivity (Wildman–Crippen MR) is 128 cm³/mol. The Morgan fingerprint density at radius 1 is 1.33 bits per heavy atom. The lowest BCUT2D eigenvalue weighted by Crippen LogP contribution is -2.24. The van der Waals surface area contributed by atoms with Crippen molar-refractivity contribution in [2.24, 2.45) is 4.99 Å². The van der Waals surface area contributed by atoms with Crippen molar-refractivity contribution in [3.63, 3.8) is 0 Å². The number of pyridine rings is 1. The number of allylic oxidation sites excluding steroid dienone is 2. The fourth-order valence-electron chi connectivity index (χ4n) is 4.30. The number of carboxylic acids is 1. The molecule has 1 aliphatic carbocycles. The van der Waals surface area contributed by atoms with Gasteiger partial charge in [-0.2, -0.15) is 0 Å². The number of fused-ring (bicyclic) bond motifs is 1. The van der Waals surface area contributed by atoms with Gasteiger partial charge in [0.15, 0.2) is 0 Å². The summed E-state index contributed by atoms with van der Waals surface area (Å²) in [6.07, 6.45) is 6.41. The number of carbonyl (C=O) groups is 1. The third kappa shape index (κ3) is 3.82. The summed E-state index contributed by atoms with van der Waals surface area (Å²) in [7, 11) is 0. The number of halogens is 2. The van der Waals surface area contributed by atoms with Crippen molar-refractivity contribution < 1.29 is 14.3 Å². The summed E-state index contributed by atoms with van der Waals surface area (Å²) in [4.78, 5) is 30.8. The molecule has 0 bridgehead atoms. The number of aromatic nitrogens is 1. The average Bonchev–Trinajstić information content (AvgIpc) is 3.52. The van der Waals surface area contributed by atoms with Crippen LogP contribution >= 0.6 is 11.6 Å². The van der Waals surface area contributed by atoms with Crippen LogP contribution < -0.4 is 10.3 Å². The first-order chi connectivity index (χ1) is 15.8. The van der Waals surface area contributed by atoms with Crippen LogP contribution in [0.15, 0.2) is 52.4 Å². The third-order valence-corrected chi connectivity index (χ3v) is 6.53. The summed E-state index contributed by atoms with van der Waals surface area (Å²) < 4.78 is 16.8. The number of anilines is 1. The maximum Gasteiger partial charge on any atom is 0.341 e. The van der Waals surface area contributed by atoms with E-state index >= 15 is 4.39 Å². The molecular weight excluding hydrogens is 445 g/mol. The summed E-state index contributed by atoms with van der Waals surface area (Å²) in [5.41, 5.74) is 2.39. The van der Waals surface area contributed by atoms with E-state index in [1.54, 1.807) is 4.57 Å². The van der Waals surface area contributed by atoms with Crippen molar-refractivity contribution in [3.05, 3.63) is 80.4 Å². The van der Waals surface area contributed by atoms with Gasteiger partial charge in [-0.3, -0.25) is 9.79 Å². The van der Waals surface area contributed by atoms with Crippen molar-refractivity contribution in [2.45, 2.75) is 25.8 Å². The average molecular weight is 466 g/mol. The molecule has 0 amide bonds. The highest BCUT2D eigenvalue weighted by Crippen LogP contribution is 2.40. The van der Waals surface area contributed by atoms with Gasteiger partial charge in [-0.15, -0.1) is 0 Å². The number of hydrogen-bond acceptors (Lipinski definition) is 4. The summed E-state index contributed by atoms with van der Waals surface area (Å²) >= 11 is 6.69. The Bertz CT molecular complexity index is 1430. The van der Waals surface area contributed by atoms with Gasteiger partial charge >= 0.3 is 5.97 Å². The van der Waals surface area contributed by atoms with E-state index in [-0.39, 0.29) is 22.1 Å². The molecule has 2 aromatic carbocycles. The molecule has 6 nitrogen and oxygen atoms in total. The van der Waals surface area contributed by atoms with E-state index < -0.39 is 22.8 Å². The van der Waals surface area contributed by atoms with E-state index in [0.29, 0.717) is 25.0 Å². The quantitative estimate of drug-likeness (QED) is 0.552. The van der Waals surface area contributed by atoms with Crippen molar-refractivity contribution in [3.8, 4) is 0 Å². The molecule has 3 aromatic rings. The maximum atomic E-state index is 15.2. The monoisotopic (exact) mass is 465 g/mol. The van der Waals surface area contributed by atoms with E-state index in [1.165, 1.54) is 6.20 Å². The molecule has 1 saturated heterocycles. The molecule has 0 radical (unpaired) electrons. The van der Waals surface area contributed by atoms with Crippen LogP contribution in [0.3, 0.4) is 0 Å². The van der Waals surface area contributed by atoms with E-state index in [1.807, 2.05) is 48.4 Å². The van der Waals surface area contributed by atoms with Crippen LogP contribution in [0.5, 0.6) is 0 Å². The molecular formula is C25H21ClFN3O3. The van der Waals surface area contributed by atoms with Crippen LogP contribution in [-0.4, -0.2) is 41.0 Å². The summed E-state index contributed by atoms with van der Waals surface area (Å²) in [6, 6.07) is 9.06.